The second kappa shape index (κ2) is 11.5. The molecule has 0 saturated heterocycles. The Labute approximate surface area is 87.0 Å². The van der Waals surface area contributed by atoms with Crippen LogP contribution in [0.5, 0.6) is 0 Å². The van der Waals surface area contributed by atoms with Crippen LogP contribution < -0.4 is 0 Å². The molecule has 1 aromatic carbocycles. The van der Waals surface area contributed by atoms with Gasteiger partial charge >= 0.3 is 0 Å². The van der Waals surface area contributed by atoms with E-state index in [1.807, 2.05) is 36.4 Å². The largest absolute Gasteiger partial charge is 0.114 e. The summed E-state index contributed by atoms with van der Waals surface area (Å²) in [5.74, 6) is 0. The molecule has 0 N–H and O–H groups in total. The number of halogens is 3. The first-order valence-corrected chi connectivity index (χ1v) is 2.00. The monoisotopic (exact) mass is 318 g/mol. The van der Waals surface area contributed by atoms with E-state index < -0.39 is 0 Å². The topological polar surface area (TPSA) is 0 Å². The Morgan fingerprint density at radius 2 is 0.444 bits per heavy atom. The van der Waals surface area contributed by atoms with Gasteiger partial charge in [0.1, 0.15) is 0 Å². The van der Waals surface area contributed by atoms with Crippen molar-refractivity contribution in [1.29, 1.82) is 0 Å². The van der Waals surface area contributed by atoms with Gasteiger partial charge in [-0.15, -0.1) is 50.9 Å². The van der Waals surface area contributed by atoms with E-state index in [-0.39, 0.29) is 50.9 Å². The molecule has 1 aromatic rings. The number of rotatable bonds is 0. The average Bonchev–Trinajstić information content (AvgIpc) is 1.72. The van der Waals surface area contributed by atoms with E-state index in [4.69, 9.17) is 0 Å². The van der Waals surface area contributed by atoms with E-state index in [1.54, 1.807) is 0 Å². The normalized spacial score (nSPS) is 5.33. The molecule has 0 aromatic heterocycles. The van der Waals surface area contributed by atoms with Gasteiger partial charge in [-0.3, -0.25) is 0 Å². The van der Waals surface area contributed by atoms with E-state index in [9.17, 15) is 0 Å². The van der Waals surface area contributed by atoms with Crippen LogP contribution in [0, 0.1) is 0 Å². The summed E-state index contributed by atoms with van der Waals surface area (Å²) in [6, 6.07) is 12.0. The predicted molar refractivity (Wildman–Crippen MR) is 57.4 cm³/mol. The first-order valence-electron chi connectivity index (χ1n) is 2.00. The van der Waals surface area contributed by atoms with Crippen LogP contribution in [0.15, 0.2) is 36.4 Å². The third-order valence-corrected chi connectivity index (χ3v) is 0.667. The molecule has 54 valence electrons. The number of hydrogen-bond acceptors (Lipinski definition) is 0. The maximum atomic E-state index is 2.00. The zero-order chi connectivity index (χ0) is 4.24. The predicted octanol–water partition coefficient (Wildman–Crippen LogP) is 3.42. The standard InChI is InChI=1S/C6H6.3BrH/c1-2-4-6-5-3-1;;;/h1-6H;3*1H. The van der Waals surface area contributed by atoms with Crippen molar-refractivity contribution in [2.75, 3.05) is 0 Å². The molecule has 0 aliphatic carbocycles. The summed E-state index contributed by atoms with van der Waals surface area (Å²) in [4.78, 5) is 0. The molecule has 0 aliphatic rings. The Bertz CT molecular complexity index is 80.2. The fourth-order valence-corrected chi connectivity index (χ4v) is 0.385. The summed E-state index contributed by atoms with van der Waals surface area (Å²) in [5, 5.41) is 0. The van der Waals surface area contributed by atoms with Gasteiger partial charge in [-0.05, 0) is 0 Å². The molecule has 0 amide bonds. The van der Waals surface area contributed by atoms with Gasteiger partial charge < -0.3 is 0 Å². The second-order valence-corrected chi connectivity index (χ2v) is 1.15. The summed E-state index contributed by atoms with van der Waals surface area (Å²) in [7, 11) is 0. The highest BCUT2D eigenvalue weighted by molar-refractivity contribution is 8.93. The van der Waals surface area contributed by atoms with Crippen molar-refractivity contribution < 1.29 is 0 Å². The van der Waals surface area contributed by atoms with Gasteiger partial charge in [0.2, 0.25) is 0 Å². The van der Waals surface area contributed by atoms with E-state index in [0.29, 0.717) is 0 Å². The summed E-state index contributed by atoms with van der Waals surface area (Å²) >= 11 is 0. The van der Waals surface area contributed by atoms with Crippen molar-refractivity contribution in [3.05, 3.63) is 36.4 Å². The average molecular weight is 321 g/mol. The first kappa shape index (κ1) is 16.3. The lowest BCUT2D eigenvalue weighted by Crippen LogP contribution is -1.47. The van der Waals surface area contributed by atoms with Crippen LogP contribution in [0.3, 0.4) is 0 Å². The maximum Gasteiger partial charge on any atom is -0.0623 e. The third kappa shape index (κ3) is 8.66. The van der Waals surface area contributed by atoms with E-state index in [0.717, 1.165) is 0 Å². The minimum Gasteiger partial charge on any atom is -0.114 e. The lowest BCUT2D eigenvalue weighted by molar-refractivity contribution is 1.72. The zero-order valence-corrected chi connectivity index (χ0v) is 9.83. The van der Waals surface area contributed by atoms with Gasteiger partial charge in [-0.25, -0.2) is 0 Å². The van der Waals surface area contributed by atoms with Crippen LogP contribution in [0.2, 0.25) is 0 Å². The van der Waals surface area contributed by atoms with Crippen molar-refractivity contribution in [2.45, 2.75) is 0 Å². The quantitative estimate of drug-likeness (QED) is 0.687. The molecule has 9 heavy (non-hydrogen) atoms. The molecule has 0 saturated carbocycles. The fraction of sp³-hybridized carbons (Fsp3) is 0. The molecule has 0 aliphatic heterocycles. The molecule has 0 fully saturated rings. The Balaban J connectivity index is -0.000000120. The highest BCUT2D eigenvalue weighted by Crippen LogP contribution is 1.79. The van der Waals surface area contributed by atoms with Crippen molar-refractivity contribution in [1.82, 2.24) is 0 Å². The molecule has 0 nitrogen and oxygen atoms in total. The highest BCUT2D eigenvalue weighted by Gasteiger charge is 1.57. The molecular formula is C6H9Br3. The van der Waals surface area contributed by atoms with E-state index >= 15 is 0 Å². The molecule has 0 bridgehead atoms. The smallest absolute Gasteiger partial charge is 0.0623 e. The molecular weight excluding hydrogens is 312 g/mol. The lowest BCUT2D eigenvalue weighted by atomic mass is 10.4. The fourth-order valence-electron chi connectivity index (χ4n) is 0.385. The van der Waals surface area contributed by atoms with Crippen LogP contribution in [-0.4, -0.2) is 0 Å². The zero-order valence-electron chi connectivity index (χ0n) is 4.69. The maximum absolute atomic E-state index is 2.00. The molecule has 0 atom stereocenters. The van der Waals surface area contributed by atoms with Crippen LogP contribution >= 0.6 is 50.9 Å². The Kier molecular flexibility index (Phi) is 20.8. The molecule has 1 rings (SSSR count). The first-order chi connectivity index (χ1) is 3.00. The molecule has 0 spiro atoms. The summed E-state index contributed by atoms with van der Waals surface area (Å²) in [6.45, 7) is 0. The lowest BCUT2D eigenvalue weighted by Gasteiger charge is -1.69. The number of hydrogen-bond donors (Lipinski definition) is 0. The van der Waals surface area contributed by atoms with Gasteiger partial charge in [0.15, 0.2) is 0 Å². The van der Waals surface area contributed by atoms with Crippen LogP contribution in [0.25, 0.3) is 0 Å². The molecule has 3 heteroatoms. The third-order valence-electron chi connectivity index (χ3n) is 0.667. The SMILES string of the molecule is Br.Br.Br.c1ccccc1. The van der Waals surface area contributed by atoms with Crippen LogP contribution in [0.1, 0.15) is 0 Å². The Morgan fingerprint density at radius 1 is 0.333 bits per heavy atom. The van der Waals surface area contributed by atoms with Crippen molar-refractivity contribution in [2.24, 2.45) is 0 Å². The minimum atomic E-state index is 0. The Morgan fingerprint density at radius 3 is 0.556 bits per heavy atom. The van der Waals surface area contributed by atoms with Gasteiger partial charge in [-0.1, -0.05) is 36.4 Å². The molecule has 0 heterocycles. The van der Waals surface area contributed by atoms with Crippen LogP contribution in [0.4, 0.5) is 0 Å². The van der Waals surface area contributed by atoms with Gasteiger partial charge in [0, 0.05) is 0 Å². The summed E-state index contributed by atoms with van der Waals surface area (Å²) < 4.78 is 0. The number of benzene rings is 1. The highest BCUT2D eigenvalue weighted by atomic mass is 79.9. The molecule has 0 radical (unpaired) electrons. The Hall–Kier alpha value is 0.660. The molecule has 0 unspecified atom stereocenters. The van der Waals surface area contributed by atoms with Gasteiger partial charge in [-0.2, -0.15) is 0 Å². The summed E-state index contributed by atoms with van der Waals surface area (Å²) in [5.41, 5.74) is 0. The van der Waals surface area contributed by atoms with Crippen molar-refractivity contribution in [3.8, 4) is 0 Å². The van der Waals surface area contributed by atoms with Gasteiger partial charge in [0.05, 0.1) is 0 Å². The summed E-state index contributed by atoms with van der Waals surface area (Å²) in [6.07, 6.45) is 0. The van der Waals surface area contributed by atoms with Crippen molar-refractivity contribution in [3.63, 3.8) is 0 Å². The minimum absolute atomic E-state index is 0. The van der Waals surface area contributed by atoms with E-state index in [1.165, 1.54) is 0 Å². The van der Waals surface area contributed by atoms with Crippen LogP contribution in [-0.2, 0) is 0 Å². The van der Waals surface area contributed by atoms with E-state index in [2.05, 4.69) is 0 Å². The van der Waals surface area contributed by atoms with Gasteiger partial charge in [0.25, 0.3) is 0 Å². The second-order valence-electron chi connectivity index (χ2n) is 1.15. The van der Waals surface area contributed by atoms with Crippen molar-refractivity contribution >= 4 is 50.9 Å².